The van der Waals surface area contributed by atoms with Gasteiger partial charge in [-0.15, -0.1) is 0 Å². The maximum Gasteiger partial charge on any atom is 0.312 e. The minimum absolute atomic E-state index is 0. The average molecular weight is 437 g/mol. The molecule has 0 fully saturated rings. The Hall–Kier alpha value is -1.02. The van der Waals surface area contributed by atoms with Gasteiger partial charge >= 0.3 is 6.03 Å². The van der Waals surface area contributed by atoms with Crippen LogP contribution in [0.4, 0.5) is 4.79 Å². The van der Waals surface area contributed by atoms with Gasteiger partial charge in [-0.25, -0.2) is 4.79 Å². The van der Waals surface area contributed by atoms with E-state index in [2.05, 4.69) is 32.2 Å². The van der Waals surface area contributed by atoms with E-state index in [1.807, 2.05) is 18.2 Å². The van der Waals surface area contributed by atoms with Crippen LogP contribution in [0.5, 0.6) is 5.75 Å². The van der Waals surface area contributed by atoms with Crippen LogP contribution in [-0.2, 0) is 0 Å². The molecular formula is C17H32IN3O2. The van der Waals surface area contributed by atoms with E-state index >= 15 is 0 Å². The van der Waals surface area contributed by atoms with E-state index in [1.54, 1.807) is 0 Å². The van der Waals surface area contributed by atoms with Crippen molar-refractivity contribution in [1.82, 2.24) is 5.32 Å². The lowest BCUT2D eigenvalue weighted by Gasteiger charge is -2.36. The number of hydrogen-bond acceptors (Lipinski definition) is 2. The number of nitrogens with two attached hydrogens (primary N) is 1. The Morgan fingerprint density at radius 2 is 1.91 bits per heavy atom. The molecule has 6 heteroatoms. The van der Waals surface area contributed by atoms with Crippen molar-refractivity contribution in [2.75, 3.05) is 39.3 Å². The van der Waals surface area contributed by atoms with Crippen LogP contribution < -0.4 is 39.8 Å². The Bertz CT molecular complexity index is 451. The molecule has 0 aliphatic rings. The van der Waals surface area contributed by atoms with Crippen molar-refractivity contribution in [3.8, 4) is 5.75 Å². The van der Waals surface area contributed by atoms with E-state index in [0.29, 0.717) is 13.2 Å². The summed E-state index contributed by atoms with van der Waals surface area (Å²) < 4.78 is 6.75. The second kappa shape index (κ2) is 12.4. The molecule has 0 aromatic heterocycles. The molecule has 0 radical (unpaired) electrons. The Balaban J connectivity index is 0. The van der Waals surface area contributed by atoms with Gasteiger partial charge in [-0.05, 0) is 38.5 Å². The number of rotatable bonds is 9. The molecule has 0 aliphatic carbocycles. The maximum atomic E-state index is 10.8. The zero-order chi connectivity index (χ0) is 15.7. The zero-order valence-corrected chi connectivity index (χ0v) is 15.9. The number of nitrogens with zero attached hydrogens (tertiary/aromatic N) is 1. The fourth-order valence-corrected chi connectivity index (χ4v) is 2.45. The Morgan fingerprint density at radius 1 is 1.26 bits per heavy atom. The topological polar surface area (TPSA) is 64.3 Å². The van der Waals surface area contributed by atoms with Gasteiger partial charge in [0, 0.05) is 0 Å². The van der Waals surface area contributed by atoms with Crippen LogP contribution in [0.25, 0.3) is 0 Å². The summed E-state index contributed by atoms with van der Waals surface area (Å²) in [5.41, 5.74) is 6.31. The van der Waals surface area contributed by atoms with E-state index in [9.17, 15) is 4.79 Å². The third-order valence-electron chi connectivity index (χ3n) is 4.05. The molecule has 5 nitrogen and oxygen atoms in total. The van der Waals surface area contributed by atoms with Crippen molar-refractivity contribution in [3.63, 3.8) is 0 Å². The largest absolute Gasteiger partial charge is 1.00 e. The lowest BCUT2D eigenvalue weighted by molar-refractivity contribution is -0.923. The molecule has 0 unspecified atom stereocenters. The van der Waals surface area contributed by atoms with Crippen LogP contribution in [0.15, 0.2) is 24.3 Å². The Morgan fingerprint density at radius 3 is 2.43 bits per heavy atom. The fourth-order valence-electron chi connectivity index (χ4n) is 2.45. The molecule has 0 saturated carbocycles. The fraction of sp³-hybridized carbons (Fsp3) is 0.588. The molecule has 0 bridgehead atoms. The number of aryl methyl sites for hydroxylation is 1. The summed E-state index contributed by atoms with van der Waals surface area (Å²) in [6, 6.07) is 7.62. The molecule has 3 N–H and O–H groups in total. The molecule has 0 saturated heterocycles. The summed E-state index contributed by atoms with van der Waals surface area (Å²) in [6.07, 6.45) is 0. The zero-order valence-electron chi connectivity index (χ0n) is 13.8. The predicted molar refractivity (Wildman–Crippen MR) is 92.1 cm³/mol. The molecular weight excluding hydrogens is 405 g/mol. The minimum atomic E-state index is -0.462. The minimum Gasteiger partial charge on any atom is -1.00 e. The Kier molecular flexibility index (Phi) is 13.1. The van der Waals surface area contributed by atoms with E-state index in [1.165, 1.54) is 5.56 Å². The lowest BCUT2D eigenvalue weighted by atomic mass is 10.2. The van der Waals surface area contributed by atoms with Crippen LogP contribution >= 0.6 is 0 Å². The second-order valence-corrected chi connectivity index (χ2v) is 5.38. The van der Waals surface area contributed by atoms with Crippen LogP contribution in [0.2, 0.25) is 0 Å². The molecule has 1 aromatic carbocycles. The number of primary amides is 1. The SMILES string of the molecule is C.CC[N+](CC)(CCNC(N)=O)CCOc1cccc(C)c1.[I-]. The number of carbonyl (C=O) groups is 1. The van der Waals surface area contributed by atoms with Crippen LogP contribution in [0, 0.1) is 6.92 Å². The van der Waals surface area contributed by atoms with Gasteiger partial charge in [-0.3, -0.25) is 0 Å². The van der Waals surface area contributed by atoms with Crippen molar-refractivity contribution in [2.24, 2.45) is 5.73 Å². The summed E-state index contributed by atoms with van der Waals surface area (Å²) in [7, 11) is 0. The van der Waals surface area contributed by atoms with Crippen molar-refractivity contribution in [1.29, 1.82) is 0 Å². The van der Waals surface area contributed by atoms with Gasteiger partial charge < -0.3 is 44.2 Å². The van der Waals surface area contributed by atoms with Gasteiger partial charge in [0.2, 0.25) is 0 Å². The predicted octanol–water partition coefficient (Wildman–Crippen LogP) is -0.461. The second-order valence-electron chi connectivity index (χ2n) is 5.38. The highest BCUT2D eigenvalue weighted by Gasteiger charge is 2.22. The molecule has 134 valence electrons. The number of halogens is 1. The number of amides is 2. The first-order valence-electron chi connectivity index (χ1n) is 7.59. The van der Waals surface area contributed by atoms with E-state index in [0.717, 1.165) is 36.4 Å². The number of ether oxygens (including phenoxy) is 1. The maximum absolute atomic E-state index is 10.8. The van der Waals surface area contributed by atoms with E-state index < -0.39 is 6.03 Å². The van der Waals surface area contributed by atoms with Gasteiger partial charge in [0.1, 0.15) is 18.9 Å². The summed E-state index contributed by atoms with van der Waals surface area (Å²) in [5.74, 6) is 0.913. The van der Waals surface area contributed by atoms with Crippen molar-refractivity contribution >= 4 is 6.03 Å². The smallest absolute Gasteiger partial charge is 0.312 e. The van der Waals surface area contributed by atoms with E-state index in [4.69, 9.17) is 10.5 Å². The molecule has 1 rings (SSSR count). The van der Waals surface area contributed by atoms with Gasteiger partial charge in [0.05, 0.1) is 26.2 Å². The highest BCUT2D eigenvalue weighted by atomic mass is 127. The Labute approximate surface area is 158 Å². The van der Waals surface area contributed by atoms with Crippen molar-refractivity contribution < 1.29 is 38.0 Å². The average Bonchev–Trinajstić information content (AvgIpc) is 2.45. The highest BCUT2D eigenvalue weighted by Crippen LogP contribution is 2.13. The monoisotopic (exact) mass is 437 g/mol. The summed E-state index contributed by atoms with van der Waals surface area (Å²) in [4.78, 5) is 10.8. The van der Waals surface area contributed by atoms with Crippen LogP contribution in [0.3, 0.4) is 0 Å². The van der Waals surface area contributed by atoms with Gasteiger partial charge in [0.25, 0.3) is 0 Å². The molecule has 0 aliphatic heterocycles. The number of quaternary nitrogens is 1. The van der Waals surface area contributed by atoms with Crippen LogP contribution in [-0.4, -0.2) is 49.8 Å². The van der Waals surface area contributed by atoms with Gasteiger partial charge in [-0.1, -0.05) is 19.6 Å². The molecule has 2 amide bonds. The number of urea groups is 1. The van der Waals surface area contributed by atoms with Gasteiger partial charge in [0.15, 0.2) is 0 Å². The molecule has 23 heavy (non-hydrogen) atoms. The third-order valence-corrected chi connectivity index (χ3v) is 4.05. The van der Waals surface area contributed by atoms with Crippen molar-refractivity contribution in [3.05, 3.63) is 29.8 Å². The van der Waals surface area contributed by atoms with Crippen molar-refractivity contribution in [2.45, 2.75) is 28.2 Å². The first-order chi connectivity index (χ1) is 10.0. The molecule has 1 aromatic rings. The number of hydrogen-bond donors (Lipinski definition) is 2. The number of benzene rings is 1. The normalized spacial score (nSPS) is 10.2. The first kappa shape index (κ1) is 24.2. The standard InChI is InChI=1S/C16H27N3O2.CH4.HI/c1-4-19(5-2,10-9-18-16(17)20)11-12-21-15-8-6-7-14(3)13-15;;/h6-8,13H,4-5,9-12H2,1-3H3,(H2-,17,18,20);1H4;1H. The van der Waals surface area contributed by atoms with Crippen LogP contribution in [0.1, 0.15) is 26.8 Å². The summed E-state index contributed by atoms with van der Waals surface area (Å²) in [5, 5.41) is 2.67. The van der Waals surface area contributed by atoms with E-state index in [-0.39, 0.29) is 31.4 Å². The number of nitrogens with one attached hydrogen (secondary N) is 1. The quantitative estimate of drug-likeness (QED) is 0.406. The lowest BCUT2D eigenvalue weighted by Crippen LogP contribution is -3.00. The third kappa shape index (κ3) is 9.00. The first-order valence-corrected chi connectivity index (χ1v) is 7.59. The molecule has 0 spiro atoms. The summed E-state index contributed by atoms with van der Waals surface area (Å²) in [6.45, 7) is 11.5. The highest BCUT2D eigenvalue weighted by molar-refractivity contribution is 5.71. The molecule has 0 heterocycles. The number of carbonyl (C=O) groups excluding carboxylic acids is 1. The molecule has 0 atom stereocenters. The summed E-state index contributed by atoms with van der Waals surface area (Å²) >= 11 is 0. The van der Waals surface area contributed by atoms with Gasteiger partial charge in [-0.2, -0.15) is 0 Å². The number of likely N-dealkylation sites (N-methyl/N-ethyl adjacent to an activating group) is 1.